The minimum absolute atomic E-state index is 0.142. The molecule has 0 saturated heterocycles. The molecule has 0 amide bonds. The first-order valence-electron chi connectivity index (χ1n) is 5.41. The van der Waals surface area contributed by atoms with Gasteiger partial charge >= 0.3 is 6.18 Å². The first kappa shape index (κ1) is 15.2. The van der Waals surface area contributed by atoms with E-state index >= 15 is 0 Å². The molecular formula is C13H7BrF4OS. The van der Waals surface area contributed by atoms with E-state index in [9.17, 15) is 22.4 Å². The van der Waals surface area contributed by atoms with Crippen molar-refractivity contribution in [2.45, 2.75) is 12.6 Å². The van der Waals surface area contributed by atoms with Gasteiger partial charge in [0.15, 0.2) is 5.78 Å². The topological polar surface area (TPSA) is 17.1 Å². The summed E-state index contributed by atoms with van der Waals surface area (Å²) in [6.07, 6.45) is -4.96. The van der Waals surface area contributed by atoms with Gasteiger partial charge in [-0.25, -0.2) is 4.39 Å². The van der Waals surface area contributed by atoms with Crippen molar-refractivity contribution in [3.8, 4) is 0 Å². The fourth-order valence-electron chi connectivity index (χ4n) is 1.66. The number of carbonyl (C=O) groups excluding carboxylic acids is 1. The van der Waals surface area contributed by atoms with Crippen LogP contribution in [0.15, 0.2) is 34.1 Å². The van der Waals surface area contributed by atoms with Crippen LogP contribution in [0.1, 0.15) is 20.8 Å². The maximum atomic E-state index is 13.8. The molecule has 0 atom stereocenters. The Bertz CT molecular complexity index is 648. The zero-order valence-corrected chi connectivity index (χ0v) is 12.2. The summed E-state index contributed by atoms with van der Waals surface area (Å²) in [5.41, 5.74) is -1.96. The van der Waals surface area contributed by atoms with Gasteiger partial charge < -0.3 is 0 Å². The van der Waals surface area contributed by atoms with Crippen LogP contribution >= 0.6 is 27.3 Å². The predicted octanol–water partition coefficient (Wildman–Crippen LogP) is 5.09. The van der Waals surface area contributed by atoms with E-state index in [2.05, 4.69) is 15.9 Å². The smallest absolute Gasteiger partial charge is 0.294 e. The quantitative estimate of drug-likeness (QED) is 0.545. The summed E-state index contributed by atoms with van der Waals surface area (Å²) in [5.74, 6) is -2.20. The summed E-state index contributed by atoms with van der Waals surface area (Å²) in [6.45, 7) is 0. The molecular weight excluding hydrogens is 360 g/mol. The second-order valence-electron chi connectivity index (χ2n) is 3.96. The van der Waals surface area contributed by atoms with Gasteiger partial charge in [0.1, 0.15) is 5.82 Å². The minimum Gasteiger partial charge on any atom is -0.294 e. The maximum Gasteiger partial charge on any atom is 0.419 e. The zero-order valence-electron chi connectivity index (χ0n) is 9.80. The van der Waals surface area contributed by atoms with Crippen molar-refractivity contribution in [1.29, 1.82) is 0 Å². The molecule has 1 aromatic heterocycles. The van der Waals surface area contributed by atoms with Crippen LogP contribution in [0.25, 0.3) is 0 Å². The van der Waals surface area contributed by atoms with E-state index in [1.54, 1.807) is 11.4 Å². The summed E-state index contributed by atoms with van der Waals surface area (Å²) in [5, 5.41) is 1.73. The highest BCUT2D eigenvalue weighted by Gasteiger charge is 2.35. The van der Waals surface area contributed by atoms with Crippen LogP contribution in [0.4, 0.5) is 17.6 Å². The highest BCUT2D eigenvalue weighted by Crippen LogP contribution is 2.33. The van der Waals surface area contributed by atoms with E-state index in [4.69, 9.17) is 0 Å². The van der Waals surface area contributed by atoms with Crippen molar-refractivity contribution < 1.29 is 22.4 Å². The van der Waals surface area contributed by atoms with Gasteiger partial charge in [0, 0.05) is 15.8 Å². The summed E-state index contributed by atoms with van der Waals surface area (Å²) >= 11 is 4.49. The van der Waals surface area contributed by atoms with Crippen LogP contribution < -0.4 is 0 Å². The Kier molecular flexibility index (Phi) is 4.29. The number of thiophene rings is 1. The maximum absolute atomic E-state index is 13.8. The lowest BCUT2D eigenvalue weighted by Gasteiger charge is -2.10. The average Bonchev–Trinajstić information content (AvgIpc) is 2.73. The molecule has 7 heteroatoms. The van der Waals surface area contributed by atoms with E-state index in [0.717, 1.165) is 12.1 Å². The molecule has 1 heterocycles. The number of ketones is 1. The van der Waals surface area contributed by atoms with E-state index in [0.29, 0.717) is 15.4 Å². The average molecular weight is 367 g/mol. The second kappa shape index (κ2) is 5.65. The Morgan fingerprint density at radius 1 is 1.25 bits per heavy atom. The molecule has 1 nitrogen and oxygen atoms in total. The van der Waals surface area contributed by atoms with Crippen molar-refractivity contribution in [3.05, 3.63) is 55.9 Å². The minimum atomic E-state index is -4.82. The fourth-order valence-corrected chi connectivity index (χ4v) is 3.15. The largest absolute Gasteiger partial charge is 0.419 e. The van der Waals surface area contributed by atoms with Gasteiger partial charge in [-0.3, -0.25) is 4.79 Å². The normalized spacial score (nSPS) is 11.7. The monoisotopic (exact) mass is 366 g/mol. The van der Waals surface area contributed by atoms with Gasteiger partial charge in [0.2, 0.25) is 0 Å². The van der Waals surface area contributed by atoms with E-state index in [1.807, 2.05) is 0 Å². The number of Topliss-reactive ketones (excluding diaryl/α,β-unsaturated/α-hetero) is 1. The Balaban J connectivity index is 2.34. The number of carbonyl (C=O) groups is 1. The van der Waals surface area contributed by atoms with Crippen molar-refractivity contribution in [2.24, 2.45) is 0 Å². The van der Waals surface area contributed by atoms with Gasteiger partial charge in [0.25, 0.3) is 0 Å². The summed E-state index contributed by atoms with van der Waals surface area (Å²) in [4.78, 5) is 12.6. The first-order chi connectivity index (χ1) is 9.30. The number of hydrogen-bond donors (Lipinski definition) is 0. The summed E-state index contributed by atoms with van der Waals surface area (Å²) in [7, 11) is 0. The van der Waals surface area contributed by atoms with Gasteiger partial charge in [-0.2, -0.15) is 13.2 Å². The third kappa shape index (κ3) is 3.09. The van der Waals surface area contributed by atoms with Gasteiger partial charge in [-0.05, 0) is 39.5 Å². The Morgan fingerprint density at radius 3 is 2.50 bits per heavy atom. The molecule has 106 valence electrons. The molecule has 2 rings (SSSR count). The Morgan fingerprint density at radius 2 is 1.95 bits per heavy atom. The molecule has 0 aliphatic heterocycles. The molecule has 0 unspecified atom stereocenters. The molecule has 0 aliphatic carbocycles. The molecule has 20 heavy (non-hydrogen) atoms. The Hall–Kier alpha value is -1.21. The fraction of sp³-hybridized carbons (Fsp3) is 0.154. The number of rotatable bonds is 3. The summed E-state index contributed by atoms with van der Waals surface area (Å²) < 4.78 is 52.2. The number of hydrogen-bond acceptors (Lipinski definition) is 2. The second-order valence-corrected chi connectivity index (χ2v) is 5.81. The highest BCUT2D eigenvalue weighted by molar-refractivity contribution is 9.10. The van der Waals surface area contributed by atoms with Crippen LogP contribution in [0, 0.1) is 5.82 Å². The molecule has 0 fully saturated rings. The molecule has 1 aromatic carbocycles. The van der Waals surface area contributed by atoms with Crippen molar-refractivity contribution >= 4 is 33.0 Å². The van der Waals surface area contributed by atoms with Gasteiger partial charge in [-0.15, -0.1) is 11.3 Å². The van der Waals surface area contributed by atoms with Gasteiger partial charge in [0.05, 0.1) is 11.1 Å². The van der Waals surface area contributed by atoms with E-state index in [-0.39, 0.29) is 6.42 Å². The molecule has 0 aliphatic rings. The van der Waals surface area contributed by atoms with Crippen LogP contribution in [0.2, 0.25) is 0 Å². The lowest BCUT2D eigenvalue weighted by molar-refractivity contribution is -0.140. The SMILES string of the molecule is O=C(Cc1sccc1Br)c1cccc(C(F)(F)F)c1F. The molecule has 0 spiro atoms. The lowest BCUT2D eigenvalue weighted by atomic mass is 10.0. The lowest BCUT2D eigenvalue weighted by Crippen LogP contribution is -2.13. The van der Waals surface area contributed by atoms with Crippen LogP contribution in [-0.4, -0.2) is 5.78 Å². The standard InChI is InChI=1S/C13H7BrF4OS/c14-9-4-5-20-11(9)6-10(19)7-2-1-3-8(12(7)15)13(16,17)18/h1-5H,6H2. The third-order valence-corrected chi connectivity index (χ3v) is 4.54. The van der Waals surface area contributed by atoms with Crippen molar-refractivity contribution in [2.75, 3.05) is 0 Å². The molecule has 0 radical (unpaired) electrons. The van der Waals surface area contributed by atoms with E-state index < -0.39 is 28.9 Å². The first-order valence-corrected chi connectivity index (χ1v) is 7.08. The summed E-state index contributed by atoms with van der Waals surface area (Å²) in [6, 6.07) is 4.43. The number of benzene rings is 1. The molecule has 0 bridgehead atoms. The number of alkyl halides is 3. The van der Waals surface area contributed by atoms with Gasteiger partial charge in [-0.1, -0.05) is 6.07 Å². The molecule has 0 saturated carbocycles. The van der Waals surface area contributed by atoms with Crippen LogP contribution in [0.5, 0.6) is 0 Å². The zero-order chi connectivity index (χ0) is 14.9. The number of halogens is 5. The molecule has 2 aromatic rings. The van der Waals surface area contributed by atoms with E-state index in [1.165, 1.54) is 11.3 Å². The van der Waals surface area contributed by atoms with Crippen molar-refractivity contribution in [1.82, 2.24) is 0 Å². The van der Waals surface area contributed by atoms with Crippen molar-refractivity contribution in [3.63, 3.8) is 0 Å². The highest BCUT2D eigenvalue weighted by atomic mass is 79.9. The predicted molar refractivity (Wildman–Crippen MR) is 71.5 cm³/mol. The Labute approximate surface area is 124 Å². The third-order valence-electron chi connectivity index (χ3n) is 2.62. The van der Waals surface area contributed by atoms with Crippen LogP contribution in [0.3, 0.4) is 0 Å². The van der Waals surface area contributed by atoms with Crippen LogP contribution in [-0.2, 0) is 12.6 Å². The molecule has 0 N–H and O–H groups in total.